The smallest absolute Gasteiger partial charge is 0.311 e. The largest absolute Gasteiger partial charge is 0.469 e. The van der Waals surface area contributed by atoms with E-state index in [0.717, 1.165) is 6.42 Å². The fraction of sp³-hybridized carbons (Fsp3) is 0.667. The molecule has 1 atom stereocenters. The summed E-state index contributed by atoms with van der Waals surface area (Å²) in [5.74, 6) is -0.218. The van der Waals surface area contributed by atoms with Gasteiger partial charge >= 0.3 is 5.97 Å². The summed E-state index contributed by atoms with van der Waals surface area (Å²) in [5, 5.41) is 3.14. The highest BCUT2D eigenvalue weighted by molar-refractivity contribution is 5.74. The van der Waals surface area contributed by atoms with Crippen molar-refractivity contribution in [3.05, 3.63) is 12.3 Å². The molecule has 0 fully saturated rings. The predicted octanol–water partition coefficient (Wildman–Crippen LogP) is 1.06. The number of allylic oxidation sites excluding steroid dienone is 1. The van der Waals surface area contributed by atoms with Crippen molar-refractivity contribution in [2.24, 2.45) is 5.92 Å². The lowest BCUT2D eigenvalue weighted by atomic mass is 9.83. The van der Waals surface area contributed by atoms with E-state index in [-0.39, 0.29) is 17.4 Å². The molecule has 0 aromatic carbocycles. The van der Waals surface area contributed by atoms with Crippen molar-refractivity contribution in [2.75, 3.05) is 7.11 Å². The van der Waals surface area contributed by atoms with Crippen LogP contribution in [0.3, 0.4) is 0 Å². The zero-order valence-electron chi connectivity index (χ0n) is 7.76. The van der Waals surface area contributed by atoms with Crippen LogP contribution in [0.5, 0.6) is 0 Å². The molecule has 1 aliphatic rings. The number of nitrogens with one attached hydrogen (secondary N) is 1. The summed E-state index contributed by atoms with van der Waals surface area (Å²) < 4.78 is 4.71. The number of ether oxygens (including phenoxy) is 1. The number of esters is 1. The Kier molecular flexibility index (Phi) is 2.40. The molecule has 1 N–H and O–H groups in total. The lowest BCUT2D eigenvalue weighted by Crippen LogP contribution is -2.48. The third kappa shape index (κ3) is 1.60. The van der Waals surface area contributed by atoms with Crippen LogP contribution in [0, 0.1) is 5.92 Å². The Balaban J connectivity index is 2.75. The van der Waals surface area contributed by atoms with Crippen LogP contribution in [0.2, 0.25) is 0 Å². The molecule has 1 aliphatic heterocycles. The second kappa shape index (κ2) is 3.17. The number of methoxy groups -OCH3 is 1. The van der Waals surface area contributed by atoms with E-state index in [1.807, 2.05) is 26.1 Å². The lowest BCUT2D eigenvalue weighted by Gasteiger charge is -2.35. The summed E-state index contributed by atoms with van der Waals surface area (Å²) in [5.41, 5.74) is -0.193. The van der Waals surface area contributed by atoms with Crippen LogP contribution >= 0.6 is 0 Å². The first kappa shape index (κ1) is 9.10. The fourth-order valence-corrected chi connectivity index (χ4v) is 1.41. The second-order valence-corrected chi connectivity index (χ2v) is 3.58. The normalized spacial score (nSPS) is 26.1. The van der Waals surface area contributed by atoms with Crippen LogP contribution in [-0.4, -0.2) is 18.6 Å². The van der Waals surface area contributed by atoms with Gasteiger partial charge in [0.05, 0.1) is 13.0 Å². The molecule has 3 heteroatoms. The zero-order chi connectivity index (χ0) is 9.19. The van der Waals surface area contributed by atoms with Crippen LogP contribution in [0.25, 0.3) is 0 Å². The van der Waals surface area contributed by atoms with Crippen LogP contribution in [0.15, 0.2) is 12.3 Å². The molecule has 0 radical (unpaired) electrons. The lowest BCUT2D eigenvalue weighted by molar-refractivity contribution is -0.148. The molecule has 0 aliphatic carbocycles. The maximum atomic E-state index is 11.3. The summed E-state index contributed by atoms with van der Waals surface area (Å²) in [6.07, 6.45) is 4.60. The molecule has 12 heavy (non-hydrogen) atoms. The molecular weight excluding hydrogens is 154 g/mol. The number of hydrogen-bond acceptors (Lipinski definition) is 3. The fourth-order valence-electron chi connectivity index (χ4n) is 1.41. The van der Waals surface area contributed by atoms with Gasteiger partial charge in [-0.2, -0.15) is 0 Å². The maximum Gasteiger partial charge on any atom is 0.311 e. The van der Waals surface area contributed by atoms with E-state index >= 15 is 0 Å². The Morgan fingerprint density at radius 1 is 1.67 bits per heavy atom. The van der Waals surface area contributed by atoms with Crippen molar-refractivity contribution in [1.29, 1.82) is 0 Å². The Bertz CT molecular complexity index is 209. The van der Waals surface area contributed by atoms with Crippen molar-refractivity contribution in [3.8, 4) is 0 Å². The van der Waals surface area contributed by atoms with E-state index in [4.69, 9.17) is 4.74 Å². The van der Waals surface area contributed by atoms with Crippen LogP contribution in [0.1, 0.15) is 20.3 Å². The Morgan fingerprint density at radius 3 is 2.83 bits per heavy atom. The first-order valence-electron chi connectivity index (χ1n) is 4.08. The number of carbonyl (C=O) groups excluding carboxylic acids is 1. The molecular formula is C9H15NO2. The van der Waals surface area contributed by atoms with Gasteiger partial charge in [-0.05, 0) is 26.5 Å². The first-order chi connectivity index (χ1) is 5.58. The molecule has 1 heterocycles. The monoisotopic (exact) mass is 169 g/mol. The molecule has 0 saturated heterocycles. The van der Waals surface area contributed by atoms with Crippen molar-refractivity contribution in [3.63, 3.8) is 0 Å². The summed E-state index contributed by atoms with van der Waals surface area (Å²) in [6.45, 7) is 4.00. The topological polar surface area (TPSA) is 38.3 Å². The van der Waals surface area contributed by atoms with Gasteiger partial charge in [-0.1, -0.05) is 6.08 Å². The molecule has 1 unspecified atom stereocenters. The summed E-state index contributed by atoms with van der Waals surface area (Å²) in [6, 6.07) is 0. The molecule has 1 rings (SSSR count). The summed E-state index contributed by atoms with van der Waals surface area (Å²) >= 11 is 0. The Morgan fingerprint density at radius 2 is 2.33 bits per heavy atom. The maximum absolute atomic E-state index is 11.3. The minimum Gasteiger partial charge on any atom is -0.469 e. The van der Waals surface area contributed by atoms with Gasteiger partial charge in [-0.15, -0.1) is 0 Å². The number of hydrogen-bond donors (Lipinski definition) is 1. The minimum absolute atomic E-state index is 0.0764. The molecule has 0 spiro atoms. The highest BCUT2D eigenvalue weighted by atomic mass is 16.5. The average molecular weight is 169 g/mol. The highest BCUT2D eigenvalue weighted by Gasteiger charge is 2.35. The van der Waals surface area contributed by atoms with Crippen molar-refractivity contribution in [1.82, 2.24) is 5.32 Å². The number of rotatable bonds is 1. The van der Waals surface area contributed by atoms with Crippen LogP contribution < -0.4 is 5.32 Å². The molecule has 0 bridgehead atoms. The predicted molar refractivity (Wildman–Crippen MR) is 46.5 cm³/mol. The SMILES string of the molecule is COC(=O)C1CC=CNC1(C)C. The van der Waals surface area contributed by atoms with E-state index in [1.165, 1.54) is 7.11 Å². The van der Waals surface area contributed by atoms with Gasteiger partial charge in [0.25, 0.3) is 0 Å². The molecule has 0 amide bonds. The highest BCUT2D eigenvalue weighted by Crippen LogP contribution is 2.25. The van der Waals surface area contributed by atoms with Gasteiger partial charge in [0.2, 0.25) is 0 Å². The van der Waals surface area contributed by atoms with E-state index in [9.17, 15) is 4.79 Å². The van der Waals surface area contributed by atoms with E-state index < -0.39 is 0 Å². The van der Waals surface area contributed by atoms with Gasteiger partial charge in [0, 0.05) is 5.54 Å². The molecule has 68 valence electrons. The molecule has 0 aromatic rings. The van der Waals surface area contributed by atoms with E-state index in [2.05, 4.69) is 5.32 Å². The minimum atomic E-state index is -0.193. The summed E-state index contributed by atoms with van der Waals surface area (Å²) in [4.78, 5) is 11.3. The third-order valence-corrected chi connectivity index (χ3v) is 2.30. The van der Waals surface area contributed by atoms with Crippen molar-refractivity contribution < 1.29 is 9.53 Å². The Labute approximate surface area is 72.8 Å². The zero-order valence-corrected chi connectivity index (χ0v) is 7.76. The summed E-state index contributed by atoms with van der Waals surface area (Å²) in [7, 11) is 1.43. The third-order valence-electron chi connectivity index (χ3n) is 2.30. The second-order valence-electron chi connectivity index (χ2n) is 3.58. The average Bonchev–Trinajstić information content (AvgIpc) is 2.02. The van der Waals surface area contributed by atoms with Gasteiger partial charge in [0.15, 0.2) is 0 Å². The van der Waals surface area contributed by atoms with Gasteiger partial charge < -0.3 is 10.1 Å². The molecule has 0 saturated carbocycles. The van der Waals surface area contributed by atoms with Gasteiger partial charge in [0.1, 0.15) is 0 Å². The van der Waals surface area contributed by atoms with E-state index in [0.29, 0.717) is 0 Å². The van der Waals surface area contributed by atoms with Crippen molar-refractivity contribution in [2.45, 2.75) is 25.8 Å². The van der Waals surface area contributed by atoms with Gasteiger partial charge in [-0.3, -0.25) is 4.79 Å². The van der Waals surface area contributed by atoms with E-state index in [1.54, 1.807) is 0 Å². The van der Waals surface area contributed by atoms with Crippen LogP contribution in [0.4, 0.5) is 0 Å². The van der Waals surface area contributed by atoms with Crippen molar-refractivity contribution >= 4 is 5.97 Å². The quantitative estimate of drug-likeness (QED) is 0.596. The van der Waals surface area contributed by atoms with Crippen LogP contribution in [-0.2, 0) is 9.53 Å². The number of carbonyl (C=O) groups is 1. The molecule has 0 aromatic heterocycles. The standard InChI is InChI=1S/C9H15NO2/c1-9(2)7(8(11)12-3)5-4-6-10-9/h4,6-7,10H,5H2,1-3H3. The first-order valence-corrected chi connectivity index (χ1v) is 4.08. The molecule has 3 nitrogen and oxygen atoms in total. The van der Waals surface area contributed by atoms with Gasteiger partial charge in [-0.25, -0.2) is 0 Å². The Hall–Kier alpha value is -0.990.